The Morgan fingerprint density at radius 2 is 1.23 bits per heavy atom. The van der Waals surface area contributed by atoms with Crippen LogP contribution in [0.3, 0.4) is 0 Å². The van der Waals surface area contributed by atoms with E-state index in [0.717, 1.165) is 22.3 Å². The number of rotatable bonds is 2. The van der Waals surface area contributed by atoms with Crippen LogP contribution in [0.15, 0.2) is 72.9 Å². The van der Waals surface area contributed by atoms with E-state index in [4.69, 9.17) is 0 Å². The molecule has 2 aromatic carbocycles. The summed E-state index contributed by atoms with van der Waals surface area (Å²) < 4.78 is 4.04. The van der Waals surface area contributed by atoms with E-state index >= 15 is 0 Å². The summed E-state index contributed by atoms with van der Waals surface area (Å²) in [7, 11) is 4.02. The third-order valence-corrected chi connectivity index (χ3v) is 4.63. The standard InChI is InChI=1S/2C13H12N.2V/c1-11-10-13(8-9-14(11)2)12-6-4-3-5-7-12;1-11-8-9-13(10-14(11)2)12-6-4-3-5-7-12;;/h3-6,9-10H,1-2H3;3-6,8-9H,1-2H3;;/q2*-1;2*+2. The molecule has 4 heteroatoms. The minimum atomic E-state index is 0. The fourth-order valence-corrected chi connectivity index (χ4v) is 2.67. The fraction of sp³-hybridized carbons (Fsp3) is 0.154. The van der Waals surface area contributed by atoms with E-state index in [0.29, 0.717) is 0 Å². The van der Waals surface area contributed by atoms with Crippen molar-refractivity contribution in [1.29, 1.82) is 0 Å². The zero-order valence-electron chi connectivity index (χ0n) is 17.7. The molecule has 4 aromatic rings. The van der Waals surface area contributed by atoms with Gasteiger partial charge in [0.15, 0.2) is 0 Å². The van der Waals surface area contributed by atoms with Gasteiger partial charge in [0.05, 0.1) is 5.69 Å². The number of aryl methyl sites for hydroxylation is 4. The zero-order chi connectivity index (χ0) is 19.9. The maximum Gasteiger partial charge on any atom is 2.00 e. The number of nitrogens with zero attached hydrogens (tertiary/aromatic N) is 2. The molecule has 2 aromatic heterocycles. The largest absolute Gasteiger partial charge is 2.00 e. The number of hydrogen-bond acceptors (Lipinski definition) is 0. The predicted molar refractivity (Wildman–Crippen MR) is 111 cm³/mol. The first-order valence-electron chi connectivity index (χ1n) is 9.25. The average molecular weight is 466 g/mol. The molecule has 0 atom stereocenters. The summed E-state index contributed by atoms with van der Waals surface area (Å²) in [6.45, 7) is 4.15. The maximum absolute atomic E-state index is 3.28. The Balaban J connectivity index is 0.000000281. The van der Waals surface area contributed by atoms with E-state index in [1.165, 1.54) is 11.4 Å². The van der Waals surface area contributed by atoms with Gasteiger partial charge in [-0.1, -0.05) is 6.07 Å². The van der Waals surface area contributed by atoms with Crippen LogP contribution in [0.1, 0.15) is 11.4 Å². The molecule has 0 unspecified atom stereocenters. The second-order valence-electron chi connectivity index (χ2n) is 6.70. The van der Waals surface area contributed by atoms with Gasteiger partial charge in [-0.2, -0.15) is 54.1 Å². The van der Waals surface area contributed by atoms with Gasteiger partial charge in [0.2, 0.25) is 0 Å². The summed E-state index contributed by atoms with van der Waals surface area (Å²) in [4.78, 5) is 0. The smallest absolute Gasteiger partial charge is 0.290 e. The van der Waals surface area contributed by atoms with E-state index in [1.807, 2.05) is 78.0 Å². The van der Waals surface area contributed by atoms with Gasteiger partial charge in [-0.25, -0.2) is 22.3 Å². The first kappa shape index (κ1) is 25.9. The maximum atomic E-state index is 3.28. The second-order valence-corrected chi connectivity index (χ2v) is 6.70. The van der Waals surface area contributed by atoms with Crippen molar-refractivity contribution in [2.45, 2.75) is 13.8 Å². The van der Waals surface area contributed by atoms with Crippen molar-refractivity contribution in [2.75, 3.05) is 0 Å². The monoisotopic (exact) mass is 466 g/mol. The average Bonchev–Trinajstić information content (AvgIpc) is 2.74. The Bertz CT molecular complexity index is 962. The minimum Gasteiger partial charge on any atom is -0.290 e. The van der Waals surface area contributed by atoms with Crippen LogP contribution in [0.4, 0.5) is 0 Å². The van der Waals surface area contributed by atoms with Gasteiger partial charge in [-0.05, 0) is 6.92 Å². The van der Waals surface area contributed by atoms with Gasteiger partial charge in [0, 0.05) is 6.92 Å². The molecule has 0 saturated heterocycles. The molecule has 0 saturated carbocycles. The first-order chi connectivity index (χ1) is 13.5. The number of hydrogen-bond donors (Lipinski definition) is 0. The summed E-state index contributed by atoms with van der Waals surface area (Å²) in [6, 6.07) is 31.8. The molecule has 0 aliphatic rings. The summed E-state index contributed by atoms with van der Waals surface area (Å²) in [6.07, 6.45) is 5.23. The van der Waals surface area contributed by atoms with Gasteiger partial charge in [0.1, 0.15) is 32.2 Å². The van der Waals surface area contributed by atoms with Crippen LogP contribution in [0.25, 0.3) is 22.3 Å². The van der Waals surface area contributed by atoms with Gasteiger partial charge in [-0.3, -0.25) is 15.7 Å². The summed E-state index contributed by atoms with van der Waals surface area (Å²) in [5, 5.41) is 0. The van der Waals surface area contributed by atoms with Crippen LogP contribution >= 0.6 is 0 Å². The number of benzene rings is 2. The Kier molecular flexibility index (Phi) is 10.9. The van der Waals surface area contributed by atoms with Crippen molar-refractivity contribution in [2.24, 2.45) is 14.1 Å². The minimum absolute atomic E-state index is 0. The molecule has 30 heavy (non-hydrogen) atoms. The topological polar surface area (TPSA) is 7.76 Å². The summed E-state index contributed by atoms with van der Waals surface area (Å²) >= 11 is 0. The van der Waals surface area contributed by atoms with Crippen molar-refractivity contribution in [3.05, 3.63) is 109 Å². The van der Waals surface area contributed by atoms with Gasteiger partial charge in [-0.15, -0.1) is 18.2 Å². The first-order valence-corrected chi connectivity index (χ1v) is 9.25. The van der Waals surface area contributed by atoms with Crippen molar-refractivity contribution in [1.82, 2.24) is 0 Å². The van der Waals surface area contributed by atoms with Crippen molar-refractivity contribution < 1.29 is 46.2 Å². The summed E-state index contributed by atoms with van der Waals surface area (Å²) in [5.41, 5.74) is 6.78. The molecule has 0 spiro atoms. The Labute approximate surface area is 204 Å². The molecule has 2 radical (unpaired) electrons. The molecule has 146 valence electrons. The van der Waals surface area contributed by atoms with E-state index in [9.17, 15) is 0 Å². The van der Waals surface area contributed by atoms with Crippen LogP contribution in [0.5, 0.6) is 0 Å². The van der Waals surface area contributed by atoms with Gasteiger partial charge >= 0.3 is 37.1 Å². The van der Waals surface area contributed by atoms with Crippen LogP contribution in [-0.4, -0.2) is 0 Å². The SMILES string of the molecule is Cc1cc(-c2[c-]cccc2)[c-]c[n+]1C.Cc1ccc(-c2[c-]cccc2)[c-][n+]1C.[V+2].[V+2]. The molecule has 0 fully saturated rings. The van der Waals surface area contributed by atoms with Crippen LogP contribution in [0, 0.1) is 38.2 Å². The Morgan fingerprint density at radius 3 is 1.73 bits per heavy atom. The van der Waals surface area contributed by atoms with Gasteiger partial charge < -0.3 is 0 Å². The van der Waals surface area contributed by atoms with Crippen molar-refractivity contribution in [3.63, 3.8) is 0 Å². The molecule has 2 heterocycles. The zero-order valence-corrected chi connectivity index (χ0v) is 20.5. The van der Waals surface area contributed by atoms with Crippen LogP contribution in [-0.2, 0) is 51.2 Å². The number of aromatic nitrogens is 2. The molecule has 0 aliphatic heterocycles. The molecule has 0 bridgehead atoms. The van der Waals surface area contributed by atoms with Gasteiger partial charge in [0.25, 0.3) is 0 Å². The summed E-state index contributed by atoms with van der Waals surface area (Å²) in [5.74, 6) is 0. The molecule has 0 N–H and O–H groups in total. The molecule has 2 nitrogen and oxygen atoms in total. The number of pyridine rings is 2. The Morgan fingerprint density at radius 1 is 0.633 bits per heavy atom. The molecular weight excluding hydrogens is 442 g/mol. The normalized spacial score (nSPS) is 9.47. The van der Waals surface area contributed by atoms with Crippen LogP contribution < -0.4 is 9.13 Å². The molecule has 4 rings (SSSR count). The van der Waals surface area contributed by atoms with Crippen molar-refractivity contribution >= 4 is 0 Å². The van der Waals surface area contributed by atoms with E-state index in [-0.39, 0.29) is 37.1 Å². The Hall–Kier alpha value is -2.09. The van der Waals surface area contributed by atoms with Crippen molar-refractivity contribution in [3.8, 4) is 22.3 Å². The van der Waals surface area contributed by atoms with Crippen LogP contribution in [0.2, 0.25) is 0 Å². The predicted octanol–water partition coefficient (Wildman–Crippen LogP) is 4.17. The second kappa shape index (κ2) is 12.6. The van der Waals surface area contributed by atoms with E-state index in [1.54, 1.807) is 0 Å². The van der Waals surface area contributed by atoms with E-state index < -0.39 is 0 Å². The third kappa shape index (κ3) is 7.00. The quantitative estimate of drug-likeness (QED) is 0.310. The third-order valence-electron chi connectivity index (χ3n) is 4.63. The fourth-order valence-electron chi connectivity index (χ4n) is 2.67. The molecule has 0 amide bonds. The van der Waals surface area contributed by atoms with E-state index in [2.05, 4.69) is 56.4 Å². The molecular formula is C26H24N2V2+2. The molecule has 0 aliphatic carbocycles.